The second-order valence-electron chi connectivity index (χ2n) is 4.96. The molecule has 0 saturated heterocycles. The third kappa shape index (κ3) is 3.37. The number of fused-ring (bicyclic) bond motifs is 1. The van der Waals surface area contributed by atoms with Crippen LogP contribution in [0.25, 0.3) is 11.0 Å². The van der Waals surface area contributed by atoms with Crippen molar-refractivity contribution in [3.8, 4) is 5.88 Å². The average Bonchev–Trinajstić information content (AvgIpc) is 2.95. The third-order valence-corrected chi connectivity index (χ3v) is 3.50. The second-order valence-corrected chi connectivity index (χ2v) is 4.96. The molecule has 0 aliphatic rings. The molecule has 110 valence electrons. The first kappa shape index (κ1) is 14.6. The number of hydrogen-bond acceptors (Lipinski definition) is 5. The highest BCUT2D eigenvalue weighted by Crippen LogP contribution is 2.23. The van der Waals surface area contributed by atoms with E-state index in [0.29, 0.717) is 30.0 Å². The molecule has 6 nitrogen and oxygen atoms in total. The first-order chi connectivity index (χ1) is 9.78. The SMILES string of the molecule is CCCCC(CC)COc1nc(NC)nc2[nH]ncc12. The van der Waals surface area contributed by atoms with Crippen LogP contribution in [0.5, 0.6) is 5.88 Å². The number of unbranched alkanes of at least 4 members (excludes halogenated alkanes) is 1. The molecule has 6 heteroatoms. The molecule has 0 amide bonds. The first-order valence-corrected chi connectivity index (χ1v) is 7.30. The van der Waals surface area contributed by atoms with Crippen LogP contribution in [0.3, 0.4) is 0 Å². The monoisotopic (exact) mass is 277 g/mol. The predicted octanol–water partition coefficient (Wildman–Crippen LogP) is 2.99. The Hall–Kier alpha value is -1.85. The number of aromatic nitrogens is 4. The molecule has 2 heterocycles. The molecule has 1 atom stereocenters. The van der Waals surface area contributed by atoms with E-state index >= 15 is 0 Å². The number of nitrogens with zero attached hydrogens (tertiary/aromatic N) is 3. The molecule has 2 rings (SSSR count). The Morgan fingerprint density at radius 2 is 2.20 bits per heavy atom. The van der Waals surface area contributed by atoms with E-state index < -0.39 is 0 Å². The zero-order chi connectivity index (χ0) is 14.4. The van der Waals surface area contributed by atoms with E-state index in [4.69, 9.17) is 4.74 Å². The molecule has 0 aromatic carbocycles. The fraction of sp³-hybridized carbons (Fsp3) is 0.643. The van der Waals surface area contributed by atoms with E-state index in [-0.39, 0.29) is 0 Å². The van der Waals surface area contributed by atoms with Crippen molar-refractivity contribution in [2.24, 2.45) is 5.92 Å². The normalized spacial score (nSPS) is 12.6. The van der Waals surface area contributed by atoms with Crippen LogP contribution in [-0.2, 0) is 0 Å². The van der Waals surface area contributed by atoms with E-state index in [1.807, 2.05) is 0 Å². The predicted molar refractivity (Wildman–Crippen MR) is 80.0 cm³/mol. The highest BCUT2D eigenvalue weighted by Gasteiger charge is 2.13. The molecule has 0 radical (unpaired) electrons. The van der Waals surface area contributed by atoms with Crippen molar-refractivity contribution in [1.82, 2.24) is 20.2 Å². The molecule has 2 aromatic heterocycles. The van der Waals surface area contributed by atoms with Gasteiger partial charge < -0.3 is 10.1 Å². The molecule has 0 aliphatic carbocycles. The molecule has 0 fully saturated rings. The highest BCUT2D eigenvalue weighted by atomic mass is 16.5. The van der Waals surface area contributed by atoms with Gasteiger partial charge in [-0.15, -0.1) is 0 Å². The fourth-order valence-corrected chi connectivity index (χ4v) is 2.13. The largest absolute Gasteiger partial charge is 0.477 e. The molecular weight excluding hydrogens is 254 g/mol. The summed E-state index contributed by atoms with van der Waals surface area (Å²) in [4.78, 5) is 8.66. The van der Waals surface area contributed by atoms with Crippen LogP contribution in [-0.4, -0.2) is 33.8 Å². The highest BCUT2D eigenvalue weighted by molar-refractivity contribution is 5.80. The van der Waals surface area contributed by atoms with E-state index in [0.717, 1.165) is 11.8 Å². The molecule has 2 N–H and O–H groups in total. The van der Waals surface area contributed by atoms with Gasteiger partial charge in [-0.3, -0.25) is 5.10 Å². The van der Waals surface area contributed by atoms with Crippen molar-refractivity contribution in [3.63, 3.8) is 0 Å². The van der Waals surface area contributed by atoms with Crippen molar-refractivity contribution >= 4 is 17.0 Å². The third-order valence-electron chi connectivity index (χ3n) is 3.50. The van der Waals surface area contributed by atoms with Crippen LogP contribution in [0, 0.1) is 5.92 Å². The molecule has 0 aliphatic heterocycles. The van der Waals surface area contributed by atoms with Crippen LogP contribution in [0.1, 0.15) is 39.5 Å². The lowest BCUT2D eigenvalue weighted by molar-refractivity contribution is 0.228. The summed E-state index contributed by atoms with van der Waals surface area (Å²) in [5.41, 5.74) is 0.695. The second kappa shape index (κ2) is 7.07. The molecule has 1 unspecified atom stereocenters. The van der Waals surface area contributed by atoms with Gasteiger partial charge in [0.25, 0.3) is 0 Å². The summed E-state index contributed by atoms with van der Waals surface area (Å²) in [6.45, 7) is 5.11. The Balaban J connectivity index is 2.09. The van der Waals surface area contributed by atoms with Crippen LogP contribution >= 0.6 is 0 Å². The van der Waals surface area contributed by atoms with Crippen LogP contribution < -0.4 is 10.1 Å². The smallest absolute Gasteiger partial charge is 0.229 e. The minimum absolute atomic E-state index is 0.540. The van der Waals surface area contributed by atoms with E-state index in [2.05, 4.69) is 39.3 Å². The van der Waals surface area contributed by atoms with Gasteiger partial charge in [-0.2, -0.15) is 15.1 Å². The molecule has 2 aromatic rings. The number of H-pyrrole nitrogens is 1. The van der Waals surface area contributed by atoms with Gasteiger partial charge in [-0.25, -0.2) is 0 Å². The lowest BCUT2D eigenvalue weighted by atomic mass is 10.0. The summed E-state index contributed by atoms with van der Waals surface area (Å²) >= 11 is 0. The topological polar surface area (TPSA) is 75.7 Å². The van der Waals surface area contributed by atoms with Crippen LogP contribution in [0.2, 0.25) is 0 Å². The van der Waals surface area contributed by atoms with Gasteiger partial charge in [0.15, 0.2) is 5.65 Å². The van der Waals surface area contributed by atoms with E-state index in [9.17, 15) is 0 Å². The van der Waals surface area contributed by atoms with Gasteiger partial charge in [-0.1, -0.05) is 33.1 Å². The molecule has 0 bridgehead atoms. The Labute approximate surface area is 119 Å². The summed E-state index contributed by atoms with van der Waals surface area (Å²) in [6.07, 6.45) is 6.50. The number of nitrogens with one attached hydrogen (secondary N) is 2. The number of rotatable bonds is 8. The Morgan fingerprint density at radius 1 is 1.35 bits per heavy atom. The Kier molecular flexibility index (Phi) is 5.15. The summed E-state index contributed by atoms with van der Waals surface area (Å²) in [7, 11) is 1.79. The molecule has 0 saturated carbocycles. The molecule has 20 heavy (non-hydrogen) atoms. The van der Waals surface area contributed by atoms with Gasteiger partial charge >= 0.3 is 0 Å². The summed E-state index contributed by atoms with van der Waals surface area (Å²) < 4.78 is 5.92. The van der Waals surface area contributed by atoms with Crippen LogP contribution in [0.4, 0.5) is 5.95 Å². The minimum atomic E-state index is 0.540. The van der Waals surface area contributed by atoms with Crippen LogP contribution in [0.15, 0.2) is 6.20 Å². The van der Waals surface area contributed by atoms with Crippen molar-refractivity contribution in [3.05, 3.63) is 6.20 Å². The van der Waals surface area contributed by atoms with Crippen molar-refractivity contribution in [2.45, 2.75) is 39.5 Å². The van der Waals surface area contributed by atoms with Gasteiger partial charge in [0.1, 0.15) is 5.39 Å². The van der Waals surface area contributed by atoms with Crippen molar-refractivity contribution in [1.29, 1.82) is 0 Å². The summed E-state index contributed by atoms with van der Waals surface area (Å²) in [6, 6.07) is 0. The van der Waals surface area contributed by atoms with E-state index in [1.54, 1.807) is 13.2 Å². The number of aromatic amines is 1. The lowest BCUT2D eigenvalue weighted by Crippen LogP contribution is -2.12. The standard InChI is InChI=1S/C14H23N5O/c1-4-6-7-10(5-2)9-20-13-11-8-16-19-12(11)17-14(15-3)18-13/h8,10H,4-7,9H2,1-3H3,(H2,15,16,17,18,19). The first-order valence-electron chi connectivity index (χ1n) is 7.30. The maximum Gasteiger partial charge on any atom is 0.229 e. The van der Waals surface area contributed by atoms with Gasteiger partial charge in [0.05, 0.1) is 12.8 Å². The fourth-order valence-electron chi connectivity index (χ4n) is 2.13. The zero-order valence-electron chi connectivity index (χ0n) is 12.4. The van der Waals surface area contributed by atoms with E-state index in [1.165, 1.54) is 19.3 Å². The molecular formula is C14H23N5O. The summed E-state index contributed by atoms with van der Waals surface area (Å²) in [5.74, 6) is 1.71. The minimum Gasteiger partial charge on any atom is -0.477 e. The maximum atomic E-state index is 5.92. The zero-order valence-corrected chi connectivity index (χ0v) is 12.4. The quantitative estimate of drug-likeness (QED) is 0.775. The van der Waals surface area contributed by atoms with Crippen molar-refractivity contribution in [2.75, 3.05) is 19.0 Å². The number of anilines is 1. The Morgan fingerprint density at radius 3 is 2.90 bits per heavy atom. The molecule has 0 spiro atoms. The Bertz CT molecular complexity index is 539. The van der Waals surface area contributed by atoms with Gasteiger partial charge in [-0.05, 0) is 12.3 Å². The van der Waals surface area contributed by atoms with Gasteiger partial charge in [0.2, 0.25) is 11.8 Å². The van der Waals surface area contributed by atoms with Gasteiger partial charge in [0, 0.05) is 7.05 Å². The average molecular weight is 277 g/mol. The lowest BCUT2D eigenvalue weighted by Gasteiger charge is -2.15. The maximum absolute atomic E-state index is 5.92. The number of ether oxygens (including phenoxy) is 1. The summed E-state index contributed by atoms with van der Waals surface area (Å²) in [5, 5.41) is 10.6. The number of hydrogen-bond donors (Lipinski definition) is 2. The van der Waals surface area contributed by atoms with Crippen molar-refractivity contribution < 1.29 is 4.74 Å².